The van der Waals surface area contributed by atoms with E-state index in [4.69, 9.17) is 9.47 Å². The van der Waals surface area contributed by atoms with E-state index in [1.165, 1.54) is 180 Å². The first-order chi connectivity index (χ1) is 31.1. The number of aliphatic hydroxyl groups excluding tert-OH is 1. The second-order valence-corrected chi connectivity index (χ2v) is 18.3. The molecular weight excluding hydrogens is 777 g/mol. The molecule has 0 heterocycles. The van der Waals surface area contributed by atoms with Crippen molar-refractivity contribution < 1.29 is 24.2 Å². The van der Waals surface area contributed by atoms with E-state index in [-0.39, 0.29) is 25.2 Å². The van der Waals surface area contributed by atoms with Gasteiger partial charge in [0, 0.05) is 12.8 Å². The molecule has 0 aliphatic heterocycles. The van der Waals surface area contributed by atoms with Gasteiger partial charge in [0.2, 0.25) is 0 Å². The molecule has 0 saturated carbocycles. The molecule has 0 amide bonds. The molecular formula is C58H104O5. The van der Waals surface area contributed by atoms with E-state index in [2.05, 4.69) is 74.6 Å². The largest absolute Gasteiger partial charge is 0.462 e. The molecule has 63 heavy (non-hydrogen) atoms. The van der Waals surface area contributed by atoms with Gasteiger partial charge in [0.05, 0.1) is 6.61 Å². The molecule has 0 spiro atoms. The second kappa shape index (κ2) is 53.9. The fourth-order valence-corrected chi connectivity index (χ4v) is 7.95. The summed E-state index contributed by atoms with van der Waals surface area (Å²) in [5.74, 6) is -0.589. The number of unbranched alkanes of at least 4 members (excludes halogenated alkanes) is 32. The Balaban J connectivity index is 3.44. The second-order valence-electron chi connectivity index (χ2n) is 18.3. The SMILES string of the molecule is CC/C=C\C/C=C\C/C=C\C/C=C\CCCCCCCCCCCCCCCCCCCCCCC(=O)OC(CO)COC(=O)CCCCCCC/C=C\CCCCCCCCC. The molecule has 0 saturated heterocycles. The molecule has 0 radical (unpaired) electrons. The molecule has 0 aromatic rings. The van der Waals surface area contributed by atoms with Crippen LogP contribution in [0.2, 0.25) is 0 Å². The maximum absolute atomic E-state index is 12.3. The summed E-state index contributed by atoms with van der Waals surface area (Å²) in [6.45, 7) is 4.04. The number of hydrogen-bond acceptors (Lipinski definition) is 5. The van der Waals surface area contributed by atoms with Crippen molar-refractivity contribution in [2.75, 3.05) is 13.2 Å². The van der Waals surface area contributed by atoms with Gasteiger partial charge in [-0.1, -0.05) is 248 Å². The highest BCUT2D eigenvalue weighted by molar-refractivity contribution is 5.70. The summed E-state index contributed by atoms with van der Waals surface area (Å²) in [6, 6.07) is 0. The van der Waals surface area contributed by atoms with Crippen molar-refractivity contribution in [2.24, 2.45) is 0 Å². The van der Waals surface area contributed by atoms with Gasteiger partial charge in [0.15, 0.2) is 6.10 Å². The summed E-state index contributed by atoms with van der Waals surface area (Å²) >= 11 is 0. The fraction of sp³-hybridized carbons (Fsp3) is 0.793. The Bertz CT molecular complexity index is 1090. The third-order valence-corrected chi connectivity index (χ3v) is 12.0. The molecule has 0 bridgehead atoms. The third kappa shape index (κ3) is 52.1. The fourth-order valence-electron chi connectivity index (χ4n) is 7.95. The minimum absolute atomic E-state index is 0.0676. The van der Waals surface area contributed by atoms with Gasteiger partial charge < -0.3 is 14.6 Å². The standard InChI is InChI=1S/C58H104O5/c1-3-5-7-9-11-13-15-17-19-21-22-23-24-25-26-27-28-29-30-31-32-33-34-35-36-37-39-41-43-45-47-49-51-53-58(61)63-56(54-59)55-62-57(60)52-50-48-46-44-42-40-38-20-18-16-14-12-10-8-6-4-2/h5,7,11,13,17,19-20,22-23,38,56,59H,3-4,6,8-10,12,14-16,18,21,24-37,39-55H2,1-2H3/b7-5-,13-11-,19-17-,23-22-,38-20-. The molecule has 1 unspecified atom stereocenters. The Labute approximate surface area is 391 Å². The van der Waals surface area contributed by atoms with Crippen LogP contribution in [-0.4, -0.2) is 36.4 Å². The maximum Gasteiger partial charge on any atom is 0.306 e. The number of ether oxygens (including phenoxy) is 2. The number of rotatable bonds is 50. The van der Waals surface area contributed by atoms with Crippen LogP contribution in [0.25, 0.3) is 0 Å². The lowest BCUT2D eigenvalue weighted by molar-refractivity contribution is -0.161. The van der Waals surface area contributed by atoms with E-state index in [0.717, 1.165) is 70.6 Å². The van der Waals surface area contributed by atoms with Crippen LogP contribution in [0.4, 0.5) is 0 Å². The smallest absolute Gasteiger partial charge is 0.306 e. The minimum atomic E-state index is -0.774. The molecule has 0 rings (SSSR count). The van der Waals surface area contributed by atoms with Gasteiger partial charge in [-0.2, -0.15) is 0 Å². The number of hydrogen-bond donors (Lipinski definition) is 1. The van der Waals surface area contributed by atoms with Gasteiger partial charge in [-0.25, -0.2) is 0 Å². The summed E-state index contributed by atoms with van der Waals surface area (Å²) in [7, 11) is 0. The van der Waals surface area contributed by atoms with Gasteiger partial charge in [0.25, 0.3) is 0 Å². The van der Waals surface area contributed by atoms with Crippen molar-refractivity contribution in [3.8, 4) is 0 Å². The molecule has 0 fully saturated rings. The van der Waals surface area contributed by atoms with Crippen LogP contribution in [0.5, 0.6) is 0 Å². The lowest BCUT2D eigenvalue weighted by atomic mass is 10.0. The van der Waals surface area contributed by atoms with Crippen LogP contribution in [-0.2, 0) is 19.1 Å². The van der Waals surface area contributed by atoms with E-state index in [1.54, 1.807) is 0 Å². The first kappa shape index (κ1) is 60.6. The van der Waals surface area contributed by atoms with Crippen LogP contribution in [0.1, 0.15) is 277 Å². The summed E-state index contributed by atoms with van der Waals surface area (Å²) in [6.07, 6.45) is 72.0. The van der Waals surface area contributed by atoms with Crippen LogP contribution in [0, 0.1) is 0 Å². The van der Waals surface area contributed by atoms with Crippen molar-refractivity contribution in [2.45, 2.75) is 283 Å². The summed E-state index contributed by atoms with van der Waals surface area (Å²) in [5, 5.41) is 9.63. The lowest BCUT2D eigenvalue weighted by Crippen LogP contribution is -2.28. The van der Waals surface area contributed by atoms with Crippen molar-refractivity contribution in [3.05, 3.63) is 60.8 Å². The monoisotopic (exact) mass is 881 g/mol. The molecule has 366 valence electrons. The number of allylic oxidation sites excluding steroid dienone is 10. The van der Waals surface area contributed by atoms with Gasteiger partial charge in [-0.15, -0.1) is 0 Å². The minimum Gasteiger partial charge on any atom is -0.462 e. The van der Waals surface area contributed by atoms with Crippen LogP contribution < -0.4 is 0 Å². The van der Waals surface area contributed by atoms with Gasteiger partial charge >= 0.3 is 11.9 Å². The maximum atomic E-state index is 12.3. The van der Waals surface area contributed by atoms with Gasteiger partial charge in [-0.3, -0.25) is 9.59 Å². The third-order valence-electron chi connectivity index (χ3n) is 12.0. The molecule has 5 nitrogen and oxygen atoms in total. The topological polar surface area (TPSA) is 72.8 Å². The Morgan fingerprint density at radius 1 is 0.381 bits per heavy atom. The predicted molar refractivity (Wildman–Crippen MR) is 274 cm³/mol. The molecule has 1 N–H and O–H groups in total. The van der Waals surface area contributed by atoms with Crippen LogP contribution in [0.15, 0.2) is 60.8 Å². The van der Waals surface area contributed by atoms with Crippen molar-refractivity contribution >= 4 is 11.9 Å². The average molecular weight is 881 g/mol. The Kier molecular flexibility index (Phi) is 51.9. The predicted octanol–water partition coefficient (Wildman–Crippen LogP) is 18.2. The van der Waals surface area contributed by atoms with Gasteiger partial charge in [0.1, 0.15) is 6.61 Å². The summed E-state index contributed by atoms with van der Waals surface area (Å²) in [5.41, 5.74) is 0. The van der Waals surface area contributed by atoms with E-state index < -0.39 is 6.10 Å². The Morgan fingerprint density at radius 3 is 1.05 bits per heavy atom. The first-order valence-corrected chi connectivity index (χ1v) is 27.3. The normalized spacial score (nSPS) is 12.6. The van der Waals surface area contributed by atoms with E-state index in [1.807, 2.05) is 0 Å². The molecule has 0 aliphatic carbocycles. The highest BCUT2D eigenvalue weighted by Gasteiger charge is 2.16. The number of carbonyl (C=O) groups excluding carboxylic acids is 2. The van der Waals surface area contributed by atoms with E-state index in [9.17, 15) is 14.7 Å². The molecule has 0 aliphatic rings. The summed E-state index contributed by atoms with van der Waals surface area (Å²) in [4.78, 5) is 24.4. The molecule has 0 aromatic heterocycles. The molecule has 5 heteroatoms. The number of carbonyl (C=O) groups is 2. The van der Waals surface area contributed by atoms with E-state index >= 15 is 0 Å². The number of esters is 2. The highest BCUT2D eigenvalue weighted by atomic mass is 16.6. The van der Waals surface area contributed by atoms with Crippen molar-refractivity contribution in [3.63, 3.8) is 0 Å². The van der Waals surface area contributed by atoms with Crippen LogP contribution in [0.3, 0.4) is 0 Å². The van der Waals surface area contributed by atoms with Gasteiger partial charge in [-0.05, 0) is 77.0 Å². The Hall–Kier alpha value is -2.40. The zero-order valence-electron chi connectivity index (χ0n) is 41.8. The zero-order valence-corrected chi connectivity index (χ0v) is 41.8. The molecule has 0 aromatic carbocycles. The van der Waals surface area contributed by atoms with Crippen molar-refractivity contribution in [1.29, 1.82) is 0 Å². The first-order valence-electron chi connectivity index (χ1n) is 27.3. The zero-order chi connectivity index (χ0) is 45.6. The Morgan fingerprint density at radius 2 is 0.683 bits per heavy atom. The molecule has 1 atom stereocenters. The van der Waals surface area contributed by atoms with E-state index in [0.29, 0.717) is 12.8 Å². The lowest BCUT2D eigenvalue weighted by Gasteiger charge is -2.15. The van der Waals surface area contributed by atoms with Crippen molar-refractivity contribution in [1.82, 2.24) is 0 Å². The number of aliphatic hydroxyl groups is 1. The summed E-state index contributed by atoms with van der Waals surface area (Å²) < 4.78 is 10.7. The quantitative estimate of drug-likeness (QED) is 0.0374. The van der Waals surface area contributed by atoms with Crippen LogP contribution >= 0.6 is 0 Å². The highest BCUT2D eigenvalue weighted by Crippen LogP contribution is 2.16. The average Bonchev–Trinajstić information content (AvgIpc) is 3.29.